The molecule has 0 fully saturated rings. The number of nitrogens with one attached hydrogen (secondary N) is 1. The Morgan fingerprint density at radius 2 is 1.59 bits per heavy atom. The lowest BCUT2D eigenvalue weighted by Crippen LogP contribution is -2.30. The summed E-state index contributed by atoms with van der Waals surface area (Å²) in [7, 11) is -3.70. The first kappa shape index (κ1) is 23.4. The molecule has 0 aliphatic rings. The van der Waals surface area contributed by atoms with Gasteiger partial charge in [-0.2, -0.15) is 0 Å². The fourth-order valence-corrected chi connectivity index (χ4v) is 4.66. The fraction of sp³-hybridized carbons (Fsp3) is 0.381. The summed E-state index contributed by atoms with van der Waals surface area (Å²) in [5.74, 6) is -1.01. The van der Waals surface area contributed by atoms with E-state index >= 15 is 0 Å². The number of carbonyl (C=O) groups is 1. The molecule has 2 aromatic rings. The highest BCUT2D eigenvalue weighted by atomic mass is 35.5. The summed E-state index contributed by atoms with van der Waals surface area (Å²) in [5, 5.41) is 3.19. The molecule has 2 rings (SSSR count). The molecule has 2 aromatic carbocycles. The van der Waals surface area contributed by atoms with Gasteiger partial charge in [0, 0.05) is 5.02 Å². The van der Waals surface area contributed by atoms with E-state index in [1.54, 1.807) is 24.3 Å². The number of amides is 1. The molecule has 0 aliphatic heterocycles. The Morgan fingerprint density at radius 1 is 1.00 bits per heavy atom. The minimum absolute atomic E-state index is 0.0932. The van der Waals surface area contributed by atoms with Crippen molar-refractivity contribution in [3.05, 3.63) is 70.7 Å². The lowest BCUT2D eigenvalue weighted by Gasteiger charge is -2.27. The van der Waals surface area contributed by atoms with E-state index in [0.29, 0.717) is 23.4 Å². The van der Waals surface area contributed by atoms with Crippen LogP contribution in [-0.2, 0) is 25.0 Å². The van der Waals surface area contributed by atoms with Crippen LogP contribution < -0.4 is 5.32 Å². The average Bonchev–Trinajstić information content (AvgIpc) is 2.74. The number of alkyl carbamates (subject to hydrolysis) is 1. The van der Waals surface area contributed by atoms with Crippen molar-refractivity contribution in [2.75, 3.05) is 13.2 Å². The Bertz CT molecular complexity index is 788. The summed E-state index contributed by atoms with van der Waals surface area (Å²) >= 11 is 5.98. The topological polar surface area (TPSA) is 73.9 Å². The third-order valence-corrected chi connectivity index (χ3v) is 6.32. The monoisotopic (exact) mass is 439 g/mol. The maximum atomic E-state index is 13.6. The Kier molecular flexibility index (Phi) is 9.68. The van der Waals surface area contributed by atoms with Crippen LogP contribution in [0.5, 0.6) is 0 Å². The molecule has 0 aliphatic carbocycles. The number of hydrogen-bond donors (Lipinski definition) is 1. The molecule has 29 heavy (non-hydrogen) atoms. The van der Waals surface area contributed by atoms with Gasteiger partial charge in [-0.15, -0.1) is 0 Å². The molecular weight excluding hydrogens is 413 g/mol. The standard InChI is InChI=1S/C21H27ClNO5P/c1-3-14-27-29(25,28-15-4-2)20(18-10-12-19(22)13-11-18)23-21(24)26-16-17-8-6-5-7-9-17/h5-13,20H,3-4,14-16H2,1-2H3,(H,23,24)/t20-/m0/s1. The van der Waals surface area contributed by atoms with Crippen molar-refractivity contribution >= 4 is 25.3 Å². The number of rotatable bonds is 11. The largest absolute Gasteiger partial charge is 0.445 e. The van der Waals surface area contributed by atoms with Crippen molar-refractivity contribution in [2.45, 2.75) is 39.1 Å². The van der Waals surface area contributed by atoms with Crippen LogP contribution in [0.2, 0.25) is 5.02 Å². The van der Waals surface area contributed by atoms with Crippen LogP contribution >= 0.6 is 19.2 Å². The quantitative estimate of drug-likeness (QED) is 0.415. The number of benzene rings is 2. The van der Waals surface area contributed by atoms with Crippen LogP contribution in [0.4, 0.5) is 4.79 Å². The van der Waals surface area contributed by atoms with E-state index < -0.39 is 19.5 Å². The second kappa shape index (κ2) is 12.0. The van der Waals surface area contributed by atoms with Crippen molar-refractivity contribution in [3.63, 3.8) is 0 Å². The SMILES string of the molecule is CCCOP(=O)(OCCC)[C@H](NC(=O)OCc1ccccc1)c1ccc(Cl)cc1. The van der Waals surface area contributed by atoms with Crippen molar-refractivity contribution in [2.24, 2.45) is 0 Å². The maximum absolute atomic E-state index is 13.6. The van der Waals surface area contributed by atoms with E-state index in [2.05, 4.69) is 5.32 Å². The summed E-state index contributed by atoms with van der Waals surface area (Å²) in [6.45, 7) is 4.39. The van der Waals surface area contributed by atoms with Gasteiger partial charge >= 0.3 is 13.7 Å². The average molecular weight is 440 g/mol. The van der Waals surface area contributed by atoms with Crippen LogP contribution in [-0.4, -0.2) is 19.3 Å². The van der Waals surface area contributed by atoms with Gasteiger partial charge in [-0.25, -0.2) is 4.79 Å². The van der Waals surface area contributed by atoms with E-state index in [9.17, 15) is 9.36 Å². The minimum atomic E-state index is -3.70. The maximum Gasteiger partial charge on any atom is 0.408 e. The highest BCUT2D eigenvalue weighted by Gasteiger charge is 2.39. The number of ether oxygens (including phenoxy) is 1. The van der Waals surface area contributed by atoms with Crippen LogP contribution in [0.25, 0.3) is 0 Å². The zero-order valence-corrected chi connectivity index (χ0v) is 18.3. The first-order valence-corrected chi connectivity index (χ1v) is 11.6. The molecule has 1 atom stereocenters. The van der Waals surface area contributed by atoms with E-state index in [-0.39, 0.29) is 19.8 Å². The molecule has 0 aromatic heterocycles. The molecule has 0 bridgehead atoms. The van der Waals surface area contributed by atoms with Crippen molar-refractivity contribution in [1.82, 2.24) is 5.32 Å². The molecule has 0 spiro atoms. The van der Waals surface area contributed by atoms with Gasteiger partial charge < -0.3 is 19.1 Å². The molecule has 158 valence electrons. The van der Waals surface area contributed by atoms with Crippen LogP contribution in [0.1, 0.15) is 43.6 Å². The lowest BCUT2D eigenvalue weighted by atomic mass is 10.2. The normalized spacial score (nSPS) is 12.4. The Hall–Kier alpha value is -1.85. The molecule has 8 heteroatoms. The minimum Gasteiger partial charge on any atom is -0.445 e. The first-order chi connectivity index (χ1) is 14.0. The molecule has 1 N–H and O–H groups in total. The van der Waals surface area contributed by atoms with Gasteiger partial charge in [0.05, 0.1) is 13.2 Å². The van der Waals surface area contributed by atoms with E-state index in [4.69, 9.17) is 25.4 Å². The predicted octanol–water partition coefficient (Wildman–Crippen LogP) is 6.31. The zero-order valence-electron chi connectivity index (χ0n) is 16.7. The lowest BCUT2D eigenvalue weighted by molar-refractivity contribution is 0.134. The predicted molar refractivity (Wildman–Crippen MR) is 114 cm³/mol. The molecule has 0 saturated heterocycles. The Balaban J connectivity index is 2.21. The molecule has 0 unspecified atom stereocenters. The van der Waals surface area contributed by atoms with Crippen molar-refractivity contribution in [1.29, 1.82) is 0 Å². The highest BCUT2D eigenvalue weighted by Crippen LogP contribution is 2.59. The number of hydrogen-bond acceptors (Lipinski definition) is 5. The van der Waals surface area contributed by atoms with E-state index in [0.717, 1.165) is 5.56 Å². The van der Waals surface area contributed by atoms with Crippen LogP contribution in [0, 0.1) is 0 Å². The second-order valence-electron chi connectivity index (χ2n) is 6.37. The van der Waals surface area contributed by atoms with Gasteiger partial charge in [0.2, 0.25) is 0 Å². The first-order valence-electron chi connectivity index (χ1n) is 9.60. The van der Waals surface area contributed by atoms with Crippen LogP contribution in [0.15, 0.2) is 54.6 Å². The summed E-state index contributed by atoms with van der Waals surface area (Å²) < 4.78 is 30.1. The summed E-state index contributed by atoms with van der Waals surface area (Å²) in [6, 6.07) is 16.0. The van der Waals surface area contributed by atoms with Crippen molar-refractivity contribution < 1.29 is 23.1 Å². The molecule has 1 amide bonds. The summed E-state index contributed by atoms with van der Waals surface area (Å²) in [4.78, 5) is 12.5. The fourth-order valence-electron chi connectivity index (χ4n) is 2.49. The molecular formula is C21H27ClNO5P. The van der Waals surface area contributed by atoms with Gasteiger partial charge in [-0.1, -0.05) is 67.9 Å². The van der Waals surface area contributed by atoms with Gasteiger partial charge in [0.15, 0.2) is 5.78 Å². The summed E-state index contributed by atoms with van der Waals surface area (Å²) in [5.41, 5.74) is 1.40. The molecule has 0 radical (unpaired) electrons. The van der Waals surface area contributed by atoms with Gasteiger partial charge in [-0.05, 0) is 36.1 Å². The summed E-state index contributed by atoms with van der Waals surface area (Å²) in [6.07, 6.45) is 0.602. The molecule has 0 heterocycles. The Morgan fingerprint density at radius 3 is 2.14 bits per heavy atom. The van der Waals surface area contributed by atoms with Gasteiger partial charge in [0.25, 0.3) is 0 Å². The highest BCUT2D eigenvalue weighted by molar-refractivity contribution is 7.54. The van der Waals surface area contributed by atoms with Gasteiger partial charge in [-0.3, -0.25) is 4.57 Å². The molecule has 6 nitrogen and oxygen atoms in total. The smallest absolute Gasteiger partial charge is 0.408 e. The Labute approximate surface area is 177 Å². The zero-order chi connectivity index (χ0) is 21.1. The third-order valence-electron chi connectivity index (χ3n) is 3.92. The van der Waals surface area contributed by atoms with Crippen LogP contribution in [0.3, 0.4) is 0 Å². The van der Waals surface area contributed by atoms with E-state index in [1.165, 1.54) is 0 Å². The number of halogens is 1. The van der Waals surface area contributed by atoms with E-state index in [1.807, 2.05) is 44.2 Å². The molecule has 0 saturated carbocycles. The third kappa shape index (κ3) is 7.48. The van der Waals surface area contributed by atoms with Gasteiger partial charge in [0.1, 0.15) is 6.61 Å². The van der Waals surface area contributed by atoms with Crippen molar-refractivity contribution in [3.8, 4) is 0 Å². The second-order valence-corrected chi connectivity index (χ2v) is 8.92. The number of carbonyl (C=O) groups excluding carboxylic acids is 1.